The van der Waals surface area contributed by atoms with Gasteiger partial charge in [-0.15, -0.1) is 0 Å². The maximum absolute atomic E-state index is 5.40. The molecule has 0 saturated heterocycles. The minimum atomic E-state index is -0.254. The standard InChI is InChI=1S/C9H18O2Si/c1-10-9(11-2)6-4-8(12-3)5-7-9/h8H,4-7H2,1-3H3. The molecule has 0 aromatic heterocycles. The zero-order valence-electron chi connectivity index (χ0n) is 8.22. The quantitative estimate of drug-likeness (QED) is 0.496. The van der Waals surface area contributed by atoms with Gasteiger partial charge in [-0.05, 0) is 18.4 Å². The molecule has 0 spiro atoms. The third-order valence-corrected chi connectivity index (χ3v) is 4.29. The average molecular weight is 186 g/mol. The molecule has 2 radical (unpaired) electrons. The number of rotatable bonds is 3. The highest BCUT2D eigenvalue weighted by Gasteiger charge is 2.34. The van der Waals surface area contributed by atoms with Gasteiger partial charge in [-0.25, -0.2) is 0 Å². The predicted molar refractivity (Wildman–Crippen MR) is 50.6 cm³/mol. The van der Waals surface area contributed by atoms with E-state index in [9.17, 15) is 0 Å². The molecule has 0 heterocycles. The van der Waals surface area contributed by atoms with Crippen molar-refractivity contribution in [1.29, 1.82) is 0 Å². The van der Waals surface area contributed by atoms with Crippen molar-refractivity contribution in [2.24, 2.45) is 0 Å². The van der Waals surface area contributed by atoms with E-state index in [1.165, 1.54) is 12.8 Å². The molecular weight excluding hydrogens is 168 g/mol. The number of ether oxygens (including phenoxy) is 2. The summed E-state index contributed by atoms with van der Waals surface area (Å²) in [4.78, 5) is 0. The normalized spacial score (nSPS) is 24.2. The van der Waals surface area contributed by atoms with Crippen LogP contribution in [0.4, 0.5) is 0 Å². The van der Waals surface area contributed by atoms with Crippen LogP contribution in [0, 0.1) is 0 Å². The van der Waals surface area contributed by atoms with Crippen molar-refractivity contribution in [3.8, 4) is 0 Å². The van der Waals surface area contributed by atoms with Gasteiger partial charge in [0.2, 0.25) is 0 Å². The van der Waals surface area contributed by atoms with Crippen molar-refractivity contribution in [3.05, 3.63) is 0 Å². The maximum atomic E-state index is 5.40. The van der Waals surface area contributed by atoms with Crippen LogP contribution < -0.4 is 0 Å². The highest BCUT2D eigenvalue weighted by atomic mass is 28.2. The van der Waals surface area contributed by atoms with Gasteiger partial charge in [0.1, 0.15) is 0 Å². The second-order valence-corrected chi connectivity index (χ2v) is 4.78. The molecule has 0 bridgehead atoms. The SMILES string of the molecule is COC1(OC)CCC([Si]C)CC1. The first kappa shape index (κ1) is 10.2. The second-order valence-electron chi connectivity index (χ2n) is 3.38. The van der Waals surface area contributed by atoms with E-state index < -0.39 is 0 Å². The summed E-state index contributed by atoms with van der Waals surface area (Å²) in [5, 5.41) is 0. The lowest BCUT2D eigenvalue weighted by Gasteiger charge is -2.37. The Kier molecular flexibility index (Phi) is 3.74. The van der Waals surface area contributed by atoms with Gasteiger partial charge in [-0.3, -0.25) is 0 Å². The van der Waals surface area contributed by atoms with Gasteiger partial charge in [-0.1, -0.05) is 6.55 Å². The predicted octanol–water partition coefficient (Wildman–Crippen LogP) is 2.09. The Morgan fingerprint density at radius 3 is 2.00 bits per heavy atom. The lowest BCUT2D eigenvalue weighted by Crippen LogP contribution is -2.37. The van der Waals surface area contributed by atoms with Gasteiger partial charge in [0, 0.05) is 36.6 Å². The van der Waals surface area contributed by atoms with Crippen molar-refractivity contribution in [2.45, 2.75) is 43.6 Å². The van der Waals surface area contributed by atoms with Gasteiger partial charge < -0.3 is 9.47 Å². The van der Waals surface area contributed by atoms with E-state index in [1.807, 2.05) is 0 Å². The van der Waals surface area contributed by atoms with Crippen LogP contribution in [0.1, 0.15) is 25.7 Å². The zero-order valence-corrected chi connectivity index (χ0v) is 9.22. The van der Waals surface area contributed by atoms with Gasteiger partial charge >= 0.3 is 0 Å². The molecular formula is C9H18O2Si. The minimum absolute atomic E-state index is 0.254. The minimum Gasteiger partial charge on any atom is -0.353 e. The maximum Gasteiger partial charge on any atom is 0.167 e. The van der Waals surface area contributed by atoms with E-state index in [0.717, 1.165) is 27.9 Å². The fourth-order valence-corrected chi connectivity index (χ4v) is 2.70. The molecule has 1 rings (SSSR count). The highest BCUT2D eigenvalue weighted by Crippen LogP contribution is 2.37. The Bertz CT molecular complexity index is 124. The summed E-state index contributed by atoms with van der Waals surface area (Å²) in [7, 11) is 4.57. The third kappa shape index (κ3) is 2.09. The largest absolute Gasteiger partial charge is 0.353 e. The van der Waals surface area contributed by atoms with E-state index in [0.29, 0.717) is 0 Å². The zero-order chi connectivity index (χ0) is 9.03. The summed E-state index contributed by atoms with van der Waals surface area (Å²) >= 11 is 0. The summed E-state index contributed by atoms with van der Waals surface area (Å²) in [5.41, 5.74) is 0.920. The summed E-state index contributed by atoms with van der Waals surface area (Å²) in [5.74, 6) is -0.254. The molecule has 3 heteroatoms. The van der Waals surface area contributed by atoms with E-state index in [1.54, 1.807) is 14.2 Å². The molecule has 2 nitrogen and oxygen atoms in total. The van der Waals surface area contributed by atoms with Crippen molar-refractivity contribution < 1.29 is 9.47 Å². The smallest absolute Gasteiger partial charge is 0.167 e. The van der Waals surface area contributed by atoms with E-state index in [2.05, 4.69) is 6.55 Å². The third-order valence-electron chi connectivity index (χ3n) is 2.90. The molecule has 70 valence electrons. The molecule has 1 saturated carbocycles. The molecule has 0 atom stereocenters. The molecule has 1 aliphatic rings. The van der Waals surface area contributed by atoms with Crippen LogP contribution in [0.25, 0.3) is 0 Å². The summed E-state index contributed by atoms with van der Waals surface area (Å²) in [6.07, 6.45) is 4.64. The first-order chi connectivity index (χ1) is 5.76. The first-order valence-electron chi connectivity index (χ1n) is 4.54. The molecule has 0 amide bonds. The topological polar surface area (TPSA) is 18.5 Å². The van der Waals surface area contributed by atoms with Gasteiger partial charge in [0.15, 0.2) is 5.79 Å². The summed E-state index contributed by atoms with van der Waals surface area (Å²) < 4.78 is 10.8. The highest BCUT2D eigenvalue weighted by molar-refractivity contribution is 6.35. The number of methoxy groups -OCH3 is 2. The van der Waals surface area contributed by atoms with Gasteiger partial charge in [0.05, 0.1) is 0 Å². The van der Waals surface area contributed by atoms with Crippen molar-refractivity contribution in [3.63, 3.8) is 0 Å². The van der Waals surface area contributed by atoms with Crippen molar-refractivity contribution in [1.82, 2.24) is 0 Å². The first-order valence-corrected chi connectivity index (χ1v) is 6.11. The average Bonchev–Trinajstić information content (AvgIpc) is 2.18. The van der Waals surface area contributed by atoms with E-state index in [-0.39, 0.29) is 5.79 Å². The monoisotopic (exact) mass is 186 g/mol. The van der Waals surface area contributed by atoms with Crippen LogP contribution in [-0.2, 0) is 9.47 Å². The number of hydrogen-bond acceptors (Lipinski definition) is 2. The molecule has 1 aliphatic carbocycles. The Labute approximate surface area is 77.5 Å². The van der Waals surface area contributed by atoms with E-state index >= 15 is 0 Å². The summed E-state index contributed by atoms with van der Waals surface area (Å²) in [6, 6.07) is 0. The van der Waals surface area contributed by atoms with Crippen molar-refractivity contribution >= 4 is 9.52 Å². The van der Waals surface area contributed by atoms with Gasteiger partial charge in [0.25, 0.3) is 0 Å². The molecule has 0 N–H and O–H groups in total. The Balaban J connectivity index is 2.42. The Morgan fingerprint density at radius 1 is 1.17 bits per heavy atom. The number of hydrogen-bond donors (Lipinski definition) is 0. The molecule has 1 fully saturated rings. The van der Waals surface area contributed by atoms with Crippen LogP contribution in [-0.4, -0.2) is 29.5 Å². The van der Waals surface area contributed by atoms with E-state index in [4.69, 9.17) is 9.47 Å². The molecule has 0 aromatic carbocycles. The second kappa shape index (κ2) is 4.39. The molecule has 0 unspecified atom stereocenters. The molecule has 12 heavy (non-hydrogen) atoms. The van der Waals surface area contributed by atoms with Crippen LogP contribution >= 0.6 is 0 Å². The molecule has 0 aromatic rings. The van der Waals surface area contributed by atoms with Gasteiger partial charge in [-0.2, -0.15) is 0 Å². The fraction of sp³-hybridized carbons (Fsp3) is 1.00. The Hall–Kier alpha value is 0.137. The lowest BCUT2D eigenvalue weighted by molar-refractivity contribution is -0.222. The lowest BCUT2D eigenvalue weighted by atomic mass is 9.93. The van der Waals surface area contributed by atoms with Crippen LogP contribution in [0.5, 0.6) is 0 Å². The van der Waals surface area contributed by atoms with Crippen LogP contribution in [0.2, 0.25) is 12.1 Å². The molecule has 0 aliphatic heterocycles. The van der Waals surface area contributed by atoms with Crippen LogP contribution in [0.15, 0.2) is 0 Å². The Morgan fingerprint density at radius 2 is 1.67 bits per heavy atom. The van der Waals surface area contributed by atoms with Crippen LogP contribution in [0.3, 0.4) is 0 Å². The fourth-order valence-electron chi connectivity index (χ4n) is 1.84. The summed E-state index contributed by atoms with van der Waals surface area (Å²) in [6.45, 7) is 2.29. The van der Waals surface area contributed by atoms with Crippen molar-refractivity contribution in [2.75, 3.05) is 14.2 Å².